The molecule has 0 aromatic heterocycles. The first-order chi connectivity index (χ1) is 8.31. The molecule has 1 saturated heterocycles. The van der Waals surface area contributed by atoms with Crippen LogP contribution in [-0.2, 0) is 4.74 Å². The average molecular weight is 234 g/mol. The van der Waals surface area contributed by atoms with Crippen molar-refractivity contribution < 1.29 is 4.74 Å². The Hall–Kier alpha value is -0.900. The minimum atomic E-state index is 0.199. The van der Waals surface area contributed by atoms with Gasteiger partial charge in [0.25, 0.3) is 0 Å². The topological polar surface area (TPSA) is 38.5 Å². The summed E-state index contributed by atoms with van der Waals surface area (Å²) in [7, 11) is 2.15. The van der Waals surface area contributed by atoms with Gasteiger partial charge in [0.15, 0.2) is 0 Å². The van der Waals surface area contributed by atoms with Crippen molar-refractivity contribution in [3.05, 3.63) is 35.9 Å². The maximum atomic E-state index is 6.03. The van der Waals surface area contributed by atoms with Crippen molar-refractivity contribution >= 4 is 0 Å². The van der Waals surface area contributed by atoms with Gasteiger partial charge in [0, 0.05) is 19.0 Å². The number of ether oxygens (including phenoxy) is 1. The lowest BCUT2D eigenvalue weighted by atomic mass is 9.92. The Morgan fingerprint density at radius 1 is 1.35 bits per heavy atom. The molecule has 3 heteroatoms. The Bertz CT molecular complexity index is 328. The van der Waals surface area contributed by atoms with E-state index in [1.54, 1.807) is 0 Å². The number of benzene rings is 1. The standard InChI is InChI=1S/C14H22N2O/c1-16-9-10-17-14(13(11-16)7-8-15)12-5-3-2-4-6-12/h2-6,13-14H,7-11,15H2,1H3. The minimum absolute atomic E-state index is 0.199. The van der Waals surface area contributed by atoms with Crippen LogP contribution in [0.2, 0.25) is 0 Å². The van der Waals surface area contributed by atoms with E-state index in [-0.39, 0.29) is 6.10 Å². The van der Waals surface area contributed by atoms with Crippen LogP contribution in [0.4, 0.5) is 0 Å². The van der Waals surface area contributed by atoms with Crippen LogP contribution in [0, 0.1) is 5.92 Å². The van der Waals surface area contributed by atoms with Crippen LogP contribution in [-0.4, -0.2) is 38.2 Å². The molecule has 1 aliphatic rings. The smallest absolute Gasteiger partial charge is 0.0866 e. The van der Waals surface area contributed by atoms with Crippen LogP contribution >= 0.6 is 0 Å². The molecule has 1 aromatic rings. The highest BCUT2D eigenvalue weighted by Crippen LogP contribution is 2.30. The van der Waals surface area contributed by atoms with Gasteiger partial charge in [-0.25, -0.2) is 0 Å². The maximum Gasteiger partial charge on any atom is 0.0866 e. The predicted octanol–water partition coefficient (Wildman–Crippen LogP) is 1.65. The fraction of sp³-hybridized carbons (Fsp3) is 0.571. The molecule has 0 radical (unpaired) electrons. The molecule has 0 spiro atoms. The normalized spacial score (nSPS) is 26.7. The van der Waals surface area contributed by atoms with Gasteiger partial charge in [0.2, 0.25) is 0 Å². The Labute approximate surface area is 104 Å². The molecular weight excluding hydrogens is 212 g/mol. The third kappa shape index (κ3) is 3.28. The van der Waals surface area contributed by atoms with Crippen LogP contribution in [0.25, 0.3) is 0 Å². The van der Waals surface area contributed by atoms with Crippen molar-refractivity contribution in [3.63, 3.8) is 0 Å². The summed E-state index contributed by atoms with van der Waals surface area (Å²) in [6.45, 7) is 3.60. The maximum absolute atomic E-state index is 6.03. The van der Waals surface area contributed by atoms with Crippen LogP contribution < -0.4 is 5.73 Å². The second-order valence-electron chi connectivity index (χ2n) is 4.80. The molecule has 2 unspecified atom stereocenters. The highest BCUT2D eigenvalue weighted by molar-refractivity contribution is 5.18. The summed E-state index contributed by atoms with van der Waals surface area (Å²) in [4.78, 5) is 2.34. The second kappa shape index (κ2) is 6.15. The average Bonchev–Trinajstić information content (AvgIpc) is 2.52. The molecule has 2 atom stereocenters. The van der Waals surface area contributed by atoms with Crippen molar-refractivity contribution in [1.82, 2.24) is 4.90 Å². The summed E-state index contributed by atoms with van der Waals surface area (Å²) in [6, 6.07) is 10.5. The van der Waals surface area contributed by atoms with Gasteiger partial charge >= 0.3 is 0 Å². The number of rotatable bonds is 3. The third-order valence-electron chi connectivity index (χ3n) is 3.41. The van der Waals surface area contributed by atoms with E-state index >= 15 is 0 Å². The first-order valence-electron chi connectivity index (χ1n) is 6.36. The first-order valence-corrected chi connectivity index (χ1v) is 6.36. The highest BCUT2D eigenvalue weighted by Gasteiger charge is 2.27. The molecule has 1 fully saturated rings. The van der Waals surface area contributed by atoms with Gasteiger partial charge in [-0.2, -0.15) is 0 Å². The lowest BCUT2D eigenvalue weighted by Crippen LogP contribution is -2.28. The van der Waals surface area contributed by atoms with Gasteiger partial charge in [-0.3, -0.25) is 0 Å². The highest BCUT2D eigenvalue weighted by atomic mass is 16.5. The Kier molecular flexibility index (Phi) is 4.54. The Balaban J connectivity index is 2.16. The van der Waals surface area contributed by atoms with E-state index < -0.39 is 0 Å². The molecule has 0 saturated carbocycles. The van der Waals surface area contributed by atoms with E-state index in [9.17, 15) is 0 Å². The van der Waals surface area contributed by atoms with Gasteiger partial charge in [-0.05, 0) is 25.6 Å². The third-order valence-corrected chi connectivity index (χ3v) is 3.41. The monoisotopic (exact) mass is 234 g/mol. The quantitative estimate of drug-likeness (QED) is 0.864. The zero-order valence-corrected chi connectivity index (χ0v) is 10.5. The summed E-state index contributed by atoms with van der Waals surface area (Å²) >= 11 is 0. The molecular formula is C14H22N2O. The predicted molar refractivity (Wildman–Crippen MR) is 69.8 cm³/mol. The summed E-state index contributed by atoms with van der Waals surface area (Å²) in [6.07, 6.45) is 1.22. The molecule has 17 heavy (non-hydrogen) atoms. The van der Waals surface area contributed by atoms with Gasteiger partial charge in [0.05, 0.1) is 12.7 Å². The van der Waals surface area contributed by atoms with Gasteiger partial charge in [-0.1, -0.05) is 30.3 Å². The largest absolute Gasteiger partial charge is 0.372 e. The Morgan fingerprint density at radius 3 is 2.82 bits per heavy atom. The zero-order valence-electron chi connectivity index (χ0n) is 10.5. The summed E-state index contributed by atoms with van der Waals surface area (Å²) in [5.74, 6) is 0.495. The molecule has 1 aromatic carbocycles. The van der Waals surface area contributed by atoms with Crippen LogP contribution in [0.5, 0.6) is 0 Å². The molecule has 94 valence electrons. The van der Waals surface area contributed by atoms with Crippen molar-refractivity contribution in [2.24, 2.45) is 11.7 Å². The SMILES string of the molecule is CN1CCOC(c2ccccc2)C(CCN)C1. The second-order valence-corrected chi connectivity index (χ2v) is 4.80. The van der Waals surface area contributed by atoms with E-state index in [0.717, 1.165) is 32.7 Å². The summed E-state index contributed by atoms with van der Waals surface area (Å²) in [5.41, 5.74) is 7.00. The number of hydrogen-bond acceptors (Lipinski definition) is 3. The minimum Gasteiger partial charge on any atom is -0.372 e. The fourth-order valence-corrected chi connectivity index (χ4v) is 2.53. The zero-order chi connectivity index (χ0) is 12.1. The van der Waals surface area contributed by atoms with Crippen LogP contribution in [0.1, 0.15) is 18.1 Å². The Morgan fingerprint density at radius 2 is 2.12 bits per heavy atom. The van der Waals surface area contributed by atoms with E-state index in [1.807, 2.05) is 6.07 Å². The first kappa shape index (κ1) is 12.6. The number of nitrogens with zero attached hydrogens (tertiary/aromatic N) is 1. The molecule has 1 aliphatic heterocycles. The van der Waals surface area contributed by atoms with Crippen molar-refractivity contribution in [3.8, 4) is 0 Å². The molecule has 3 nitrogen and oxygen atoms in total. The van der Waals surface area contributed by atoms with Gasteiger partial charge in [-0.15, -0.1) is 0 Å². The number of likely N-dealkylation sites (N-methyl/N-ethyl adjacent to an activating group) is 1. The van der Waals surface area contributed by atoms with Crippen molar-refractivity contribution in [2.45, 2.75) is 12.5 Å². The lowest BCUT2D eigenvalue weighted by Gasteiger charge is -2.26. The molecule has 2 rings (SSSR count). The van der Waals surface area contributed by atoms with Crippen LogP contribution in [0.15, 0.2) is 30.3 Å². The summed E-state index contributed by atoms with van der Waals surface area (Å²) < 4.78 is 6.03. The van der Waals surface area contributed by atoms with Gasteiger partial charge in [0.1, 0.15) is 0 Å². The van der Waals surface area contributed by atoms with E-state index in [0.29, 0.717) is 5.92 Å². The lowest BCUT2D eigenvalue weighted by molar-refractivity contribution is 0.0288. The molecule has 0 amide bonds. The van der Waals surface area contributed by atoms with Crippen molar-refractivity contribution in [1.29, 1.82) is 0 Å². The number of nitrogens with two attached hydrogens (primary N) is 1. The van der Waals surface area contributed by atoms with E-state index in [1.165, 1.54) is 5.56 Å². The van der Waals surface area contributed by atoms with E-state index in [2.05, 4.69) is 36.2 Å². The molecule has 2 N–H and O–H groups in total. The van der Waals surface area contributed by atoms with Crippen LogP contribution in [0.3, 0.4) is 0 Å². The van der Waals surface area contributed by atoms with E-state index in [4.69, 9.17) is 10.5 Å². The molecule has 1 heterocycles. The summed E-state index contributed by atoms with van der Waals surface area (Å²) in [5, 5.41) is 0. The van der Waals surface area contributed by atoms with Crippen molar-refractivity contribution in [2.75, 3.05) is 33.3 Å². The van der Waals surface area contributed by atoms with Gasteiger partial charge < -0.3 is 15.4 Å². The molecule has 0 bridgehead atoms. The molecule has 0 aliphatic carbocycles. The fourth-order valence-electron chi connectivity index (χ4n) is 2.53. The number of hydrogen-bond donors (Lipinski definition) is 1.